The van der Waals surface area contributed by atoms with Gasteiger partial charge < -0.3 is 34.9 Å². The number of benzene rings is 2. The highest BCUT2D eigenvalue weighted by Crippen LogP contribution is 2.26. The SMILES string of the molecule is O=C(O)NCCOCCOCCOCCNC(=O)CCC(=O)N1Cc2ccccc2C#Cc2ccccc21. The number of amides is 3. The Morgan fingerprint density at radius 2 is 1.34 bits per heavy atom. The van der Waals surface area contributed by atoms with E-state index in [9.17, 15) is 14.4 Å². The summed E-state index contributed by atoms with van der Waals surface area (Å²) < 4.78 is 16.0. The van der Waals surface area contributed by atoms with E-state index in [0.717, 1.165) is 22.4 Å². The molecule has 0 aromatic heterocycles. The smallest absolute Gasteiger partial charge is 0.404 e. The summed E-state index contributed by atoms with van der Waals surface area (Å²) in [5.74, 6) is 6.01. The van der Waals surface area contributed by atoms with Gasteiger partial charge in [0.1, 0.15) is 0 Å². The first-order valence-corrected chi connectivity index (χ1v) is 12.5. The van der Waals surface area contributed by atoms with E-state index in [1.807, 2.05) is 48.5 Å². The number of hydrogen-bond acceptors (Lipinski definition) is 6. The van der Waals surface area contributed by atoms with Crippen molar-refractivity contribution in [2.75, 3.05) is 57.6 Å². The maximum absolute atomic E-state index is 13.2. The molecule has 2 aromatic carbocycles. The predicted molar refractivity (Wildman–Crippen MR) is 141 cm³/mol. The number of anilines is 1. The maximum atomic E-state index is 13.2. The molecule has 0 aliphatic carbocycles. The van der Waals surface area contributed by atoms with Gasteiger partial charge in [0, 0.05) is 37.1 Å². The minimum Gasteiger partial charge on any atom is -0.465 e. The first kappa shape index (κ1) is 28.7. The lowest BCUT2D eigenvalue weighted by Gasteiger charge is -2.26. The molecule has 1 aliphatic heterocycles. The fourth-order valence-corrected chi connectivity index (χ4v) is 3.69. The molecule has 0 saturated heterocycles. The van der Waals surface area contributed by atoms with Crippen LogP contribution in [0.1, 0.15) is 29.5 Å². The largest absolute Gasteiger partial charge is 0.465 e. The number of ether oxygens (including phenoxy) is 3. The van der Waals surface area contributed by atoms with Crippen LogP contribution < -0.4 is 15.5 Å². The van der Waals surface area contributed by atoms with Crippen molar-refractivity contribution < 1.29 is 33.7 Å². The highest BCUT2D eigenvalue weighted by atomic mass is 16.5. The topological polar surface area (TPSA) is 126 Å². The molecule has 202 valence electrons. The van der Waals surface area contributed by atoms with Crippen LogP contribution in [-0.2, 0) is 30.3 Å². The van der Waals surface area contributed by atoms with Crippen LogP contribution in [0, 0.1) is 11.8 Å². The Hall–Kier alpha value is -3.91. The fraction of sp³-hybridized carbons (Fsp3) is 0.393. The second-order valence-electron chi connectivity index (χ2n) is 8.32. The third-order valence-corrected chi connectivity index (χ3v) is 5.57. The molecule has 1 aliphatic rings. The number of carbonyl (C=O) groups excluding carboxylic acids is 2. The molecule has 0 saturated carbocycles. The highest BCUT2D eigenvalue weighted by molar-refractivity contribution is 5.96. The number of carbonyl (C=O) groups is 3. The van der Waals surface area contributed by atoms with Crippen molar-refractivity contribution in [3.05, 3.63) is 65.2 Å². The van der Waals surface area contributed by atoms with Gasteiger partial charge in [-0.3, -0.25) is 9.59 Å². The van der Waals surface area contributed by atoms with Crippen molar-refractivity contribution in [3.8, 4) is 11.8 Å². The lowest BCUT2D eigenvalue weighted by Crippen LogP contribution is -2.34. The van der Waals surface area contributed by atoms with Gasteiger partial charge >= 0.3 is 6.09 Å². The Kier molecular flexibility index (Phi) is 12.1. The van der Waals surface area contributed by atoms with Gasteiger partial charge in [-0.25, -0.2) is 4.79 Å². The molecule has 0 radical (unpaired) electrons. The van der Waals surface area contributed by atoms with E-state index >= 15 is 0 Å². The summed E-state index contributed by atoms with van der Waals surface area (Å²) >= 11 is 0. The van der Waals surface area contributed by atoms with Crippen molar-refractivity contribution >= 4 is 23.6 Å². The van der Waals surface area contributed by atoms with Crippen molar-refractivity contribution in [2.24, 2.45) is 0 Å². The van der Waals surface area contributed by atoms with E-state index in [1.54, 1.807) is 4.90 Å². The quantitative estimate of drug-likeness (QED) is 0.241. The third kappa shape index (κ3) is 9.86. The fourth-order valence-electron chi connectivity index (χ4n) is 3.69. The lowest BCUT2D eigenvalue weighted by atomic mass is 10.0. The van der Waals surface area contributed by atoms with Gasteiger partial charge in [0.05, 0.1) is 51.9 Å². The number of hydrogen-bond donors (Lipinski definition) is 3. The van der Waals surface area contributed by atoms with Crippen molar-refractivity contribution in [1.29, 1.82) is 0 Å². The van der Waals surface area contributed by atoms with Crippen LogP contribution in [0.4, 0.5) is 10.5 Å². The van der Waals surface area contributed by atoms with Crippen LogP contribution in [-0.4, -0.2) is 75.7 Å². The molecule has 10 nitrogen and oxygen atoms in total. The van der Waals surface area contributed by atoms with E-state index in [-0.39, 0.29) is 37.8 Å². The monoisotopic (exact) mass is 523 g/mol. The molecule has 3 amide bonds. The molecule has 38 heavy (non-hydrogen) atoms. The number of rotatable bonds is 15. The van der Waals surface area contributed by atoms with Gasteiger partial charge in [0.15, 0.2) is 0 Å². The van der Waals surface area contributed by atoms with Gasteiger partial charge in [-0.05, 0) is 23.8 Å². The van der Waals surface area contributed by atoms with Crippen LogP contribution in [0.5, 0.6) is 0 Å². The Morgan fingerprint density at radius 3 is 2.05 bits per heavy atom. The van der Waals surface area contributed by atoms with Crippen LogP contribution in [0.2, 0.25) is 0 Å². The minimum absolute atomic E-state index is 0.0793. The van der Waals surface area contributed by atoms with Crippen LogP contribution >= 0.6 is 0 Å². The standard InChI is InChI=1S/C28H33N3O7/c32-26(29-13-15-36-17-19-38-20-18-37-16-14-30-28(34)35)11-12-27(33)31-21-24-7-2-1-5-22(24)9-10-23-6-3-4-8-25(23)31/h1-8,30H,11-21H2,(H,29,32)(H,34,35). The molecule has 3 N–H and O–H groups in total. The number of nitrogens with zero attached hydrogens (tertiary/aromatic N) is 1. The number of para-hydroxylation sites is 1. The summed E-state index contributed by atoms with van der Waals surface area (Å²) in [4.78, 5) is 37.4. The Bertz CT molecular complexity index is 1140. The summed E-state index contributed by atoms with van der Waals surface area (Å²) in [6, 6.07) is 15.3. The Labute approximate surface area is 222 Å². The molecule has 0 bridgehead atoms. The van der Waals surface area contributed by atoms with Crippen molar-refractivity contribution in [1.82, 2.24) is 10.6 Å². The Balaban J connectivity index is 1.31. The van der Waals surface area contributed by atoms with Crippen molar-refractivity contribution in [2.45, 2.75) is 19.4 Å². The lowest BCUT2D eigenvalue weighted by molar-refractivity contribution is -0.125. The average Bonchev–Trinajstić information content (AvgIpc) is 2.91. The zero-order valence-electron chi connectivity index (χ0n) is 21.2. The van der Waals surface area contributed by atoms with E-state index in [2.05, 4.69) is 22.5 Å². The average molecular weight is 524 g/mol. The molecule has 0 spiro atoms. The van der Waals surface area contributed by atoms with Gasteiger partial charge in [-0.1, -0.05) is 42.2 Å². The first-order chi connectivity index (χ1) is 18.5. The summed E-state index contributed by atoms with van der Waals surface area (Å²) in [7, 11) is 0. The van der Waals surface area contributed by atoms with Gasteiger partial charge in [0.2, 0.25) is 11.8 Å². The number of carboxylic acid groups (broad SMARTS) is 1. The van der Waals surface area contributed by atoms with Crippen LogP contribution in [0.25, 0.3) is 0 Å². The van der Waals surface area contributed by atoms with Crippen LogP contribution in [0.3, 0.4) is 0 Å². The molecule has 0 atom stereocenters. The van der Waals surface area contributed by atoms with E-state index < -0.39 is 6.09 Å². The molecule has 10 heteroatoms. The van der Waals surface area contributed by atoms with E-state index in [1.165, 1.54) is 0 Å². The molecule has 2 aromatic rings. The summed E-state index contributed by atoms with van der Waals surface area (Å²) in [5.41, 5.74) is 3.38. The predicted octanol–water partition coefficient (Wildman–Crippen LogP) is 2.15. The zero-order chi connectivity index (χ0) is 27.0. The van der Waals surface area contributed by atoms with Gasteiger partial charge in [-0.15, -0.1) is 0 Å². The van der Waals surface area contributed by atoms with Gasteiger partial charge in [-0.2, -0.15) is 0 Å². The van der Waals surface area contributed by atoms with E-state index in [0.29, 0.717) is 46.1 Å². The van der Waals surface area contributed by atoms with Crippen LogP contribution in [0.15, 0.2) is 48.5 Å². The molecule has 3 rings (SSSR count). The molecular weight excluding hydrogens is 490 g/mol. The minimum atomic E-state index is -1.08. The van der Waals surface area contributed by atoms with Gasteiger partial charge in [0.25, 0.3) is 0 Å². The Morgan fingerprint density at radius 1 is 0.763 bits per heavy atom. The second-order valence-corrected chi connectivity index (χ2v) is 8.32. The maximum Gasteiger partial charge on any atom is 0.404 e. The molecule has 0 unspecified atom stereocenters. The highest BCUT2D eigenvalue weighted by Gasteiger charge is 2.21. The first-order valence-electron chi connectivity index (χ1n) is 12.5. The summed E-state index contributed by atoms with van der Waals surface area (Å²) in [6.45, 7) is 3.06. The molecular formula is C28H33N3O7. The number of nitrogens with one attached hydrogen (secondary N) is 2. The number of fused-ring (bicyclic) bond motifs is 2. The summed E-state index contributed by atoms with van der Waals surface area (Å²) in [6.07, 6.45) is -0.919. The van der Waals surface area contributed by atoms with Crippen molar-refractivity contribution in [3.63, 3.8) is 0 Å². The third-order valence-electron chi connectivity index (χ3n) is 5.57. The molecule has 0 fully saturated rings. The molecule has 1 heterocycles. The van der Waals surface area contributed by atoms with E-state index in [4.69, 9.17) is 19.3 Å². The second kappa shape index (κ2) is 16.0. The zero-order valence-corrected chi connectivity index (χ0v) is 21.2. The normalized spacial score (nSPS) is 11.7. The summed E-state index contributed by atoms with van der Waals surface area (Å²) in [5, 5.41) is 13.4.